The van der Waals surface area contributed by atoms with E-state index >= 15 is 0 Å². The van der Waals surface area contributed by atoms with E-state index in [1.54, 1.807) is 35.4 Å². The highest BCUT2D eigenvalue weighted by atomic mass is 32.2. The molecule has 4 rings (SSSR count). The highest BCUT2D eigenvalue weighted by Gasteiger charge is 2.27. The fourth-order valence-corrected chi connectivity index (χ4v) is 4.64. The van der Waals surface area contributed by atoms with Crippen molar-refractivity contribution < 1.29 is 21.6 Å². The third-order valence-corrected chi connectivity index (χ3v) is 6.98. The minimum Gasteiger partial charge on any atom is -0.272 e. The summed E-state index contributed by atoms with van der Waals surface area (Å²) < 4.78 is 71.1. The summed E-state index contributed by atoms with van der Waals surface area (Å²) in [5, 5.41) is 4.46. The van der Waals surface area contributed by atoms with Crippen LogP contribution < -0.4 is 4.31 Å². The molecule has 0 aliphatic heterocycles. The molecule has 10 heteroatoms. The maximum atomic E-state index is 14.9. The molecule has 170 valence electrons. The van der Waals surface area contributed by atoms with E-state index in [0.29, 0.717) is 23.9 Å². The Morgan fingerprint density at radius 1 is 0.939 bits per heavy atom. The van der Waals surface area contributed by atoms with E-state index in [0.717, 1.165) is 28.1 Å². The Morgan fingerprint density at radius 3 is 2.33 bits per heavy atom. The Kier molecular flexibility index (Phi) is 5.94. The molecule has 0 aliphatic rings. The van der Waals surface area contributed by atoms with E-state index in [2.05, 4.69) is 10.1 Å². The molecule has 0 N–H and O–H groups in total. The Labute approximate surface area is 189 Å². The normalized spacial score (nSPS) is 11.5. The molecule has 0 saturated carbocycles. The zero-order valence-corrected chi connectivity index (χ0v) is 18.5. The molecule has 2 aromatic carbocycles. The van der Waals surface area contributed by atoms with E-state index in [1.165, 1.54) is 19.2 Å². The predicted octanol–water partition coefficient (Wildman–Crippen LogP) is 4.87. The van der Waals surface area contributed by atoms with Crippen LogP contribution >= 0.6 is 0 Å². The molecule has 0 radical (unpaired) electrons. The third kappa shape index (κ3) is 4.21. The zero-order chi connectivity index (χ0) is 23.8. The van der Waals surface area contributed by atoms with Gasteiger partial charge in [0.2, 0.25) is 0 Å². The fraction of sp³-hybridized carbons (Fsp3) is 0.130. The molecule has 33 heavy (non-hydrogen) atoms. The van der Waals surface area contributed by atoms with E-state index in [4.69, 9.17) is 0 Å². The first-order chi connectivity index (χ1) is 15.7. The van der Waals surface area contributed by atoms with Crippen LogP contribution in [0.25, 0.3) is 22.4 Å². The minimum atomic E-state index is -4.46. The zero-order valence-electron chi connectivity index (χ0n) is 17.7. The second-order valence-corrected chi connectivity index (χ2v) is 9.13. The Hall–Kier alpha value is -3.66. The lowest BCUT2D eigenvalue weighted by Crippen LogP contribution is -2.27. The monoisotopic (exact) mass is 472 g/mol. The molecule has 0 amide bonds. The third-order valence-electron chi connectivity index (χ3n) is 5.18. The van der Waals surface area contributed by atoms with Crippen molar-refractivity contribution in [2.45, 2.75) is 18.4 Å². The number of hydrogen-bond acceptors (Lipinski definition) is 4. The summed E-state index contributed by atoms with van der Waals surface area (Å²) in [6.45, 7) is 2.42. The van der Waals surface area contributed by atoms with Crippen molar-refractivity contribution in [1.82, 2.24) is 14.8 Å². The standard InChI is InChI=1S/C23H19F3N4O2S/c1-3-30-14-19(15-8-10-27-11-9-15)23(28-30)18-13-17(5-7-20(18)25)29(2)33(31,32)22-12-16(24)4-6-21(22)26/h4-14H,3H2,1-2H3. The van der Waals surface area contributed by atoms with Gasteiger partial charge in [-0.1, -0.05) is 0 Å². The summed E-state index contributed by atoms with van der Waals surface area (Å²) in [6.07, 6.45) is 4.96. The van der Waals surface area contributed by atoms with E-state index in [-0.39, 0.29) is 11.3 Å². The van der Waals surface area contributed by atoms with Crippen LogP contribution in [0.2, 0.25) is 0 Å². The second-order valence-electron chi connectivity index (χ2n) is 7.19. The van der Waals surface area contributed by atoms with Gasteiger partial charge in [-0.3, -0.25) is 14.0 Å². The van der Waals surface area contributed by atoms with Crippen molar-refractivity contribution in [3.63, 3.8) is 0 Å². The molecule has 2 aromatic heterocycles. The van der Waals surface area contributed by atoms with Crippen molar-refractivity contribution in [1.29, 1.82) is 0 Å². The van der Waals surface area contributed by atoms with Crippen LogP contribution in [0.5, 0.6) is 0 Å². The van der Waals surface area contributed by atoms with Gasteiger partial charge in [-0.25, -0.2) is 21.6 Å². The van der Waals surface area contributed by atoms with Crippen LogP contribution in [-0.4, -0.2) is 30.2 Å². The number of benzene rings is 2. The summed E-state index contributed by atoms with van der Waals surface area (Å²) in [5.74, 6) is -2.60. The number of nitrogens with zero attached hydrogens (tertiary/aromatic N) is 4. The summed E-state index contributed by atoms with van der Waals surface area (Å²) in [6, 6.07) is 9.36. The van der Waals surface area contributed by atoms with Gasteiger partial charge in [0, 0.05) is 43.3 Å². The highest BCUT2D eigenvalue weighted by molar-refractivity contribution is 7.92. The van der Waals surface area contributed by atoms with Crippen molar-refractivity contribution in [2.75, 3.05) is 11.4 Å². The first-order valence-electron chi connectivity index (χ1n) is 9.94. The number of anilines is 1. The van der Waals surface area contributed by atoms with Gasteiger partial charge in [-0.05, 0) is 61.0 Å². The number of hydrogen-bond donors (Lipinski definition) is 0. The number of pyridine rings is 1. The van der Waals surface area contributed by atoms with Gasteiger partial charge in [0.05, 0.1) is 5.69 Å². The highest BCUT2D eigenvalue weighted by Crippen LogP contribution is 2.35. The van der Waals surface area contributed by atoms with E-state index in [1.807, 2.05) is 6.92 Å². The van der Waals surface area contributed by atoms with Crippen molar-refractivity contribution >= 4 is 15.7 Å². The quantitative estimate of drug-likeness (QED) is 0.401. The van der Waals surface area contributed by atoms with Crippen molar-refractivity contribution in [3.8, 4) is 22.4 Å². The number of aryl methyl sites for hydroxylation is 1. The fourth-order valence-electron chi connectivity index (χ4n) is 3.38. The average molecular weight is 472 g/mol. The summed E-state index contributed by atoms with van der Waals surface area (Å²) in [7, 11) is -3.27. The summed E-state index contributed by atoms with van der Waals surface area (Å²) in [4.78, 5) is 3.18. The lowest BCUT2D eigenvalue weighted by molar-refractivity contribution is 0.552. The molecule has 2 heterocycles. The number of sulfonamides is 1. The van der Waals surface area contributed by atoms with Crippen LogP contribution in [0.4, 0.5) is 18.9 Å². The SMILES string of the molecule is CCn1cc(-c2ccncc2)c(-c2cc(N(C)S(=O)(=O)c3cc(F)ccc3F)ccc2F)n1. The van der Waals surface area contributed by atoms with Gasteiger partial charge >= 0.3 is 0 Å². The molecule has 0 fully saturated rings. The topological polar surface area (TPSA) is 68.1 Å². The molecule has 0 aliphatic carbocycles. The number of aromatic nitrogens is 3. The molecule has 0 bridgehead atoms. The molecule has 0 unspecified atom stereocenters. The lowest BCUT2D eigenvalue weighted by atomic mass is 10.0. The van der Waals surface area contributed by atoms with Crippen LogP contribution in [0.15, 0.2) is 72.0 Å². The van der Waals surface area contributed by atoms with Crippen LogP contribution in [0.3, 0.4) is 0 Å². The second kappa shape index (κ2) is 8.70. The Balaban J connectivity index is 1.83. The van der Waals surface area contributed by atoms with Crippen LogP contribution in [-0.2, 0) is 16.6 Å². The molecule has 4 aromatic rings. The van der Waals surface area contributed by atoms with Crippen LogP contribution in [0, 0.1) is 17.5 Å². The smallest absolute Gasteiger partial charge is 0.267 e. The first kappa shape index (κ1) is 22.5. The van der Waals surface area contributed by atoms with Gasteiger partial charge in [-0.15, -0.1) is 0 Å². The Morgan fingerprint density at radius 2 is 1.64 bits per heavy atom. The molecule has 6 nitrogen and oxygen atoms in total. The minimum absolute atomic E-state index is 0.0572. The van der Waals surface area contributed by atoms with E-state index < -0.39 is 32.4 Å². The van der Waals surface area contributed by atoms with E-state index in [9.17, 15) is 21.6 Å². The van der Waals surface area contributed by atoms with Gasteiger partial charge in [-0.2, -0.15) is 5.10 Å². The van der Waals surface area contributed by atoms with Gasteiger partial charge < -0.3 is 0 Å². The summed E-state index contributed by atoms with van der Waals surface area (Å²) in [5.41, 5.74) is 1.82. The predicted molar refractivity (Wildman–Crippen MR) is 118 cm³/mol. The van der Waals surface area contributed by atoms with Crippen molar-refractivity contribution in [3.05, 3.63) is 84.6 Å². The average Bonchev–Trinajstić information content (AvgIpc) is 3.25. The Bertz CT molecular complexity index is 1420. The van der Waals surface area contributed by atoms with Gasteiger partial charge in [0.1, 0.15) is 28.0 Å². The first-order valence-corrected chi connectivity index (χ1v) is 11.4. The van der Waals surface area contributed by atoms with Crippen LogP contribution in [0.1, 0.15) is 6.92 Å². The maximum absolute atomic E-state index is 14.9. The maximum Gasteiger partial charge on any atom is 0.267 e. The molecular weight excluding hydrogens is 453 g/mol. The molecule has 0 spiro atoms. The van der Waals surface area contributed by atoms with Crippen molar-refractivity contribution in [2.24, 2.45) is 0 Å². The number of halogens is 3. The lowest BCUT2D eigenvalue weighted by Gasteiger charge is -2.20. The molecule has 0 atom stereocenters. The molecular formula is C23H19F3N4O2S. The summed E-state index contributed by atoms with van der Waals surface area (Å²) >= 11 is 0. The number of rotatable bonds is 6. The van der Waals surface area contributed by atoms with Gasteiger partial charge in [0.25, 0.3) is 10.0 Å². The van der Waals surface area contributed by atoms with Gasteiger partial charge in [0.15, 0.2) is 0 Å². The largest absolute Gasteiger partial charge is 0.272 e. The molecule has 0 saturated heterocycles.